The molecule has 36 heavy (non-hydrogen) atoms. The molecule has 1 saturated heterocycles. The number of nitrogens with zero attached hydrogens (tertiary/aromatic N) is 1. The smallest absolute Gasteiger partial charge is 0.255 e. The number of fused-ring (bicyclic) bond motifs is 2. The fourth-order valence-corrected chi connectivity index (χ4v) is 5.64. The first-order valence-electron chi connectivity index (χ1n) is 12.3. The Bertz CT molecular complexity index is 1360. The molecule has 1 aliphatic carbocycles. The van der Waals surface area contributed by atoms with E-state index in [2.05, 4.69) is 5.32 Å². The maximum absolute atomic E-state index is 14.0. The summed E-state index contributed by atoms with van der Waals surface area (Å²) in [5.74, 6) is 1.20. The van der Waals surface area contributed by atoms with E-state index in [0.717, 1.165) is 17.5 Å². The number of rotatable bonds is 5. The summed E-state index contributed by atoms with van der Waals surface area (Å²) >= 11 is 0. The van der Waals surface area contributed by atoms with Crippen molar-refractivity contribution in [3.05, 3.63) is 83.2 Å². The predicted octanol–water partition coefficient (Wildman–Crippen LogP) is 4.46. The minimum atomic E-state index is -0.338. The molecule has 0 aromatic heterocycles. The van der Waals surface area contributed by atoms with Gasteiger partial charge < -0.3 is 19.7 Å². The van der Waals surface area contributed by atoms with Crippen LogP contribution < -0.4 is 14.8 Å². The number of ether oxygens (including phenoxy) is 2. The van der Waals surface area contributed by atoms with Crippen LogP contribution in [0.4, 0.5) is 4.39 Å². The van der Waals surface area contributed by atoms with Gasteiger partial charge in [0.1, 0.15) is 19.0 Å². The lowest BCUT2D eigenvalue weighted by Gasteiger charge is -2.29. The first kappa shape index (κ1) is 22.6. The Hall–Kier alpha value is -3.87. The van der Waals surface area contributed by atoms with Crippen LogP contribution in [0, 0.1) is 24.6 Å². The Morgan fingerprint density at radius 2 is 1.81 bits per heavy atom. The van der Waals surface area contributed by atoms with Gasteiger partial charge in [0.05, 0.1) is 11.6 Å². The van der Waals surface area contributed by atoms with Crippen LogP contribution >= 0.6 is 0 Å². The highest BCUT2D eigenvalue weighted by Crippen LogP contribution is 2.50. The highest BCUT2D eigenvalue weighted by Gasteiger charge is 2.54. The van der Waals surface area contributed by atoms with Gasteiger partial charge in [-0.1, -0.05) is 30.3 Å². The molecule has 2 aliphatic heterocycles. The van der Waals surface area contributed by atoms with Crippen LogP contribution in [0.15, 0.2) is 60.7 Å². The lowest BCUT2D eigenvalue weighted by atomic mass is 9.94. The zero-order valence-electron chi connectivity index (χ0n) is 20.0. The topological polar surface area (TPSA) is 67.9 Å². The molecule has 6 nitrogen and oxygen atoms in total. The molecular formula is C29H27FN2O4. The van der Waals surface area contributed by atoms with Crippen molar-refractivity contribution in [2.45, 2.75) is 19.4 Å². The van der Waals surface area contributed by atoms with E-state index < -0.39 is 0 Å². The number of hydrogen-bond donors (Lipinski definition) is 1. The summed E-state index contributed by atoms with van der Waals surface area (Å²) < 4.78 is 25.3. The van der Waals surface area contributed by atoms with E-state index >= 15 is 0 Å². The Kier molecular flexibility index (Phi) is 5.63. The zero-order valence-corrected chi connectivity index (χ0v) is 20.0. The molecule has 2 fully saturated rings. The summed E-state index contributed by atoms with van der Waals surface area (Å²) in [6.45, 7) is 3.81. The zero-order chi connectivity index (χ0) is 24.8. The molecule has 0 bridgehead atoms. The van der Waals surface area contributed by atoms with Crippen LogP contribution in [0.3, 0.4) is 0 Å². The van der Waals surface area contributed by atoms with Crippen LogP contribution in [-0.2, 0) is 0 Å². The van der Waals surface area contributed by atoms with E-state index in [1.165, 1.54) is 12.1 Å². The Morgan fingerprint density at radius 1 is 1.03 bits per heavy atom. The molecule has 7 heteroatoms. The van der Waals surface area contributed by atoms with Gasteiger partial charge in [-0.3, -0.25) is 9.59 Å². The predicted molar refractivity (Wildman–Crippen MR) is 133 cm³/mol. The number of hydrogen-bond acceptors (Lipinski definition) is 4. The summed E-state index contributed by atoms with van der Waals surface area (Å²) in [4.78, 5) is 28.8. The molecule has 1 N–H and O–H groups in total. The van der Waals surface area contributed by atoms with Crippen LogP contribution in [0.1, 0.15) is 32.7 Å². The van der Waals surface area contributed by atoms with Gasteiger partial charge >= 0.3 is 0 Å². The summed E-state index contributed by atoms with van der Waals surface area (Å²) in [6.07, 6.45) is 1.06. The fraction of sp³-hybridized carbons (Fsp3) is 0.310. The van der Waals surface area contributed by atoms with Gasteiger partial charge in [0.15, 0.2) is 11.5 Å². The highest BCUT2D eigenvalue weighted by atomic mass is 19.1. The number of para-hydroxylation sites is 1. The van der Waals surface area contributed by atoms with Gasteiger partial charge in [0, 0.05) is 18.7 Å². The molecule has 3 aromatic rings. The fourth-order valence-electron chi connectivity index (χ4n) is 5.64. The Morgan fingerprint density at radius 3 is 2.67 bits per heavy atom. The third kappa shape index (κ3) is 3.98. The van der Waals surface area contributed by atoms with Crippen molar-refractivity contribution >= 4 is 11.8 Å². The minimum absolute atomic E-state index is 0.0850. The summed E-state index contributed by atoms with van der Waals surface area (Å²) in [5, 5.41) is 3.03. The average molecular weight is 487 g/mol. The first-order valence-corrected chi connectivity index (χ1v) is 12.3. The number of likely N-dealkylation sites (tertiary alicyclic amines) is 1. The van der Waals surface area contributed by atoms with Gasteiger partial charge in [-0.25, -0.2) is 4.39 Å². The second-order valence-electron chi connectivity index (χ2n) is 9.73. The maximum atomic E-state index is 14.0. The summed E-state index contributed by atoms with van der Waals surface area (Å²) in [6, 6.07) is 17.1. The number of nitrogens with one attached hydrogen (secondary N) is 1. The molecule has 6 rings (SSSR count). The van der Waals surface area contributed by atoms with Crippen molar-refractivity contribution in [1.29, 1.82) is 0 Å². The van der Waals surface area contributed by atoms with Gasteiger partial charge in [0.25, 0.3) is 11.8 Å². The van der Waals surface area contributed by atoms with Crippen LogP contribution in [-0.4, -0.2) is 49.1 Å². The van der Waals surface area contributed by atoms with E-state index in [4.69, 9.17) is 9.47 Å². The molecule has 184 valence electrons. The quantitative estimate of drug-likeness (QED) is 0.578. The van der Waals surface area contributed by atoms with Gasteiger partial charge in [-0.2, -0.15) is 0 Å². The molecule has 1 saturated carbocycles. The van der Waals surface area contributed by atoms with Crippen molar-refractivity contribution in [3.8, 4) is 22.6 Å². The van der Waals surface area contributed by atoms with E-state index in [9.17, 15) is 14.0 Å². The SMILES string of the molecule is Cc1cccc(C(=O)N2C[C@H]3C[C@H]3[C@H]2CNC(=O)c2cccc3c2OCCO3)c1-c1cccc(F)c1. The average Bonchev–Trinajstić information content (AvgIpc) is 3.57. The van der Waals surface area contributed by atoms with E-state index in [1.54, 1.807) is 24.3 Å². The maximum Gasteiger partial charge on any atom is 0.255 e. The molecule has 3 atom stereocenters. The lowest BCUT2D eigenvalue weighted by Crippen LogP contribution is -2.45. The monoisotopic (exact) mass is 486 g/mol. The van der Waals surface area contributed by atoms with Crippen molar-refractivity contribution in [1.82, 2.24) is 10.2 Å². The van der Waals surface area contributed by atoms with Gasteiger partial charge in [0.2, 0.25) is 0 Å². The van der Waals surface area contributed by atoms with Crippen molar-refractivity contribution in [2.24, 2.45) is 11.8 Å². The van der Waals surface area contributed by atoms with E-state index in [0.29, 0.717) is 66.3 Å². The molecule has 2 amide bonds. The molecule has 0 radical (unpaired) electrons. The van der Waals surface area contributed by atoms with Crippen LogP contribution in [0.2, 0.25) is 0 Å². The van der Waals surface area contributed by atoms with Crippen LogP contribution in [0.5, 0.6) is 11.5 Å². The van der Waals surface area contributed by atoms with Crippen LogP contribution in [0.25, 0.3) is 11.1 Å². The largest absolute Gasteiger partial charge is 0.486 e. The number of aryl methyl sites for hydroxylation is 1. The normalized spacial score (nSPS) is 21.6. The molecule has 0 spiro atoms. The minimum Gasteiger partial charge on any atom is -0.486 e. The second-order valence-corrected chi connectivity index (χ2v) is 9.73. The van der Waals surface area contributed by atoms with Crippen molar-refractivity contribution in [2.75, 3.05) is 26.3 Å². The van der Waals surface area contributed by atoms with Crippen molar-refractivity contribution in [3.63, 3.8) is 0 Å². The third-order valence-electron chi connectivity index (χ3n) is 7.46. The number of piperidine rings is 1. The summed E-state index contributed by atoms with van der Waals surface area (Å²) in [5.41, 5.74) is 3.33. The molecule has 2 heterocycles. The number of halogens is 1. The summed E-state index contributed by atoms with van der Waals surface area (Å²) in [7, 11) is 0. The van der Waals surface area contributed by atoms with Gasteiger partial charge in [-0.05, 0) is 72.2 Å². The van der Waals surface area contributed by atoms with Crippen molar-refractivity contribution < 1.29 is 23.5 Å². The third-order valence-corrected chi connectivity index (χ3v) is 7.46. The van der Waals surface area contributed by atoms with E-state index in [-0.39, 0.29) is 23.7 Å². The Labute approximate surface area is 209 Å². The van der Waals surface area contributed by atoms with Gasteiger partial charge in [-0.15, -0.1) is 0 Å². The number of benzene rings is 3. The number of amides is 2. The molecule has 0 unspecified atom stereocenters. The lowest BCUT2D eigenvalue weighted by molar-refractivity contribution is 0.0695. The molecular weight excluding hydrogens is 459 g/mol. The number of carbonyl (C=O) groups excluding carboxylic acids is 2. The standard InChI is InChI=1S/C29H27FN2O4/c1-17-5-2-8-21(26(17)18-6-3-7-20(30)13-18)29(34)32-16-19-14-23(19)24(32)15-31-28(33)22-9-4-10-25-27(22)36-12-11-35-25/h2-10,13,19,23-24H,11-12,14-16H2,1H3,(H,31,33)/t19-,23-,24-/m1/s1. The molecule has 3 aliphatic rings. The molecule has 3 aromatic carbocycles. The first-order chi connectivity index (χ1) is 17.5. The number of carbonyl (C=O) groups is 2. The Balaban J connectivity index is 1.24. The second kappa shape index (κ2) is 8.97. The van der Waals surface area contributed by atoms with E-state index in [1.807, 2.05) is 36.1 Å². The highest BCUT2D eigenvalue weighted by molar-refractivity contribution is 6.02.